The maximum atomic E-state index is 12.9. The van der Waals surface area contributed by atoms with Gasteiger partial charge in [-0.1, -0.05) is 0 Å². The van der Waals surface area contributed by atoms with Gasteiger partial charge in [-0.05, 0) is 44.9 Å². The fourth-order valence-corrected chi connectivity index (χ4v) is 3.70. The number of methoxy groups -OCH3 is 1. The maximum Gasteiger partial charge on any atom is 0.309 e. The van der Waals surface area contributed by atoms with Crippen LogP contribution in [0.25, 0.3) is 11.0 Å². The Bertz CT molecular complexity index is 942. The number of nitrogens with zero attached hydrogens (tertiary/aromatic N) is 2. The molecule has 162 valence electrons. The fraction of sp³-hybridized carbons (Fsp3) is 0.500. The lowest BCUT2D eigenvalue weighted by molar-refractivity contribution is -0.151. The van der Waals surface area contributed by atoms with E-state index in [4.69, 9.17) is 13.9 Å². The smallest absolute Gasteiger partial charge is 0.309 e. The standard InChI is InChI=1S/C22H28N2O6/c1-5-29-22(27)15-8-10-24(11-9-15)19(25)13-23(3)21(26)20-14(2)17-12-16(28-4)6-7-18(17)30-20/h6-7,12,15H,5,8-11,13H2,1-4H3. The van der Waals surface area contributed by atoms with E-state index in [2.05, 4.69) is 0 Å². The topological polar surface area (TPSA) is 89.3 Å². The van der Waals surface area contributed by atoms with E-state index in [1.54, 1.807) is 38.1 Å². The van der Waals surface area contributed by atoms with E-state index in [-0.39, 0.29) is 36.0 Å². The van der Waals surface area contributed by atoms with Crippen molar-refractivity contribution in [3.05, 3.63) is 29.5 Å². The van der Waals surface area contributed by atoms with Crippen molar-refractivity contribution in [2.75, 3.05) is 40.4 Å². The van der Waals surface area contributed by atoms with E-state index in [9.17, 15) is 14.4 Å². The van der Waals surface area contributed by atoms with Gasteiger partial charge in [0.2, 0.25) is 5.91 Å². The number of aryl methyl sites for hydroxylation is 1. The first-order valence-corrected chi connectivity index (χ1v) is 10.1. The number of furan rings is 1. The van der Waals surface area contributed by atoms with Crippen molar-refractivity contribution < 1.29 is 28.3 Å². The van der Waals surface area contributed by atoms with Gasteiger partial charge in [0.1, 0.15) is 11.3 Å². The van der Waals surface area contributed by atoms with Gasteiger partial charge in [-0.25, -0.2) is 0 Å². The molecule has 0 N–H and O–H groups in total. The number of rotatable bonds is 6. The first kappa shape index (κ1) is 21.7. The molecule has 0 bridgehead atoms. The Morgan fingerprint density at radius 3 is 2.57 bits per heavy atom. The highest BCUT2D eigenvalue weighted by molar-refractivity contribution is 6.00. The third-order valence-electron chi connectivity index (χ3n) is 5.52. The number of piperidine rings is 1. The normalized spacial score (nSPS) is 14.6. The molecule has 0 unspecified atom stereocenters. The highest BCUT2D eigenvalue weighted by atomic mass is 16.5. The van der Waals surface area contributed by atoms with Crippen LogP contribution in [0.3, 0.4) is 0 Å². The lowest BCUT2D eigenvalue weighted by Crippen LogP contribution is -2.45. The van der Waals surface area contributed by atoms with Gasteiger partial charge in [0, 0.05) is 31.1 Å². The van der Waals surface area contributed by atoms with Crippen LogP contribution in [0.15, 0.2) is 22.6 Å². The Morgan fingerprint density at radius 2 is 1.93 bits per heavy atom. The van der Waals surface area contributed by atoms with E-state index in [1.165, 1.54) is 4.90 Å². The summed E-state index contributed by atoms with van der Waals surface area (Å²) in [5.74, 6) is 0.0354. The second kappa shape index (κ2) is 9.19. The Morgan fingerprint density at radius 1 is 1.23 bits per heavy atom. The Balaban J connectivity index is 1.62. The van der Waals surface area contributed by atoms with E-state index < -0.39 is 0 Å². The molecule has 1 fully saturated rings. The molecule has 0 radical (unpaired) electrons. The molecule has 1 aromatic heterocycles. The summed E-state index contributed by atoms with van der Waals surface area (Å²) in [6.07, 6.45) is 1.15. The summed E-state index contributed by atoms with van der Waals surface area (Å²) in [6.45, 7) is 4.86. The molecule has 0 atom stereocenters. The van der Waals surface area contributed by atoms with Crippen molar-refractivity contribution in [1.29, 1.82) is 0 Å². The van der Waals surface area contributed by atoms with Crippen molar-refractivity contribution in [2.45, 2.75) is 26.7 Å². The highest BCUT2D eigenvalue weighted by Gasteiger charge is 2.30. The van der Waals surface area contributed by atoms with Gasteiger partial charge in [0.15, 0.2) is 5.76 Å². The number of carbonyl (C=O) groups excluding carboxylic acids is 3. The molecule has 3 rings (SSSR count). The summed E-state index contributed by atoms with van der Waals surface area (Å²) in [7, 11) is 3.16. The van der Waals surface area contributed by atoms with Crippen molar-refractivity contribution in [3.63, 3.8) is 0 Å². The quantitative estimate of drug-likeness (QED) is 0.673. The number of amides is 2. The zero-order valence-corrected chi connectivity index (χ0v) is 17.9. The first-order chi connectivity index (χ1) is 14.3. The van der Waals surface area contributed by atoms with Gasteiger partial charge in [0.05, 0.1) is 26.2 Å². The summed E-state index contributed by atoms with van der Waals surface area (Å²) in [5, 5.41) is 0.804. The van der Waals surface area contributed by atoms with Crippen LogP contribution in [-0.2, 0) is 14.3 Å². The van der Waals surface area contributed by atoms with Crippen molar-refractivity contribution in [2.24, 2.45) is 5.92 Å². The lowest BCUT2D eigenvalue weighted by atomic mass is 9.97. The van der Waals surface area contributed by atoms with Crippen LogP contribution in [0.5, 0.6) is 5.75 Å². The zero-order chi connectivity index (χ0) is 21.8. The number of esters is 1. The summed E-state index contributed by atoms with van der Waals surface area (Å²) in [5.41, 5.74) is 1.31. The number of carbonyl (C=O) groups is 3. The number of fused-ring (bicyclic) bond motifs is 1. The number of hydrogen-bond donors (Lipinski definition) is 0. The molecular weight excluding hydrogens is 388 g/mol. The van der Waals surface area contributed by atoms with Crippen LogP contribution in [0, 0.1) is 12.8 Å². The molecule has 30 heavy (non-hydrogen) atoms. The van der Waals surface area contributed by atoms with Crippen LogP contribution in [0.2, 0.25) is 0 Å². The van der Waals surface area contributed by atoms with Crippen LogP contribution < -0.4 is 4.74 Å². The summed E-state index contributed by atoms with van der Waals surface area (Å²) < 4.78 is 16.0. The number of likely N-dealkylation sites (N-methyl/N-ethyl adjacent to an activating group) is 1. The summed E-state index contributed by atoms with van der Waals surface area (Å²) in [6, 6.07) is 5.35. The van der Waals surface area contributed by atoms with Gasteiger partial charge in [-0.15, -0.1) is 0 Å². The number of hydrogen-bond acceptors (Lipinski definition) is 6. The predicted octanol–water partition coefficient (Wildman–Crippen LogP) is 2.62. The minimum Gasteiger partial charge on any atom is -0.497 e. The van der Waals surface area contributed by atoms with Crippen LogP contribution in [0.4, 0.5) is 0 Å². The monoisotopic (exact) mass is 416 g/mol. The summed E-state index contributed by atoms with van der Waals surface area (Å²) >= 11 is 0. The number of benzene rings is 1. The van der Waals surface area contributed by atoms with Gasteiger partial charge < -0.3 is 23.7 Å². The molecule has 0 spiro atoms. The number of likely N-dealkylation sites (tertiary alicyclic amines) is 1. The van der Waals surface area contributed by atoms with Crippen molar-refractivity contribution in [1.82, 2.24) is 9.80 Å². The molecular formula is C22H28N2O6. The second-order valence-corrected chi connectivity index (χ2v) is 7.49. The van der Waals surface area contributed by atoms with E-state index in [0.717, 1.165) is 5.39 Å². The molecule has 2 heterocycles. The minimum absolute atomic E-state index is 0.0529. The molecule has 1 aliphatic heterocycles. The Kier molecular flexibility index (Phi) is 6.64. The molecule has 2 amide bonds. The van der Waals surface area contributed by atoms with Gasteiger partial charge in [0.25, 0.3) is 5.91 Å². The molecule has 8 nitrogen and oxygen atoms in total. The third-order valence-corrected chi connectivity index (χ3v) is 5.52. The second-order valence-electron chi connectivity index (χ2n) is 7.49. The summed E-state index contributed by atoms with van der Waals surface area (Å²) in [4.78, 5) is 40.4. The molecule has 0 saturated carbocycles. The third kappa shape index (κ3) is 4.42. The fourth-order valence-electron chi connectivity index (χ4n) is 3.70. The van der Waals surface area contributed by atoms with E-state index in [1.807, 2.05) is 13.0 Å². The van der Waals surface area contributed by atoms with Crippen LogP contribution in [-0.4, -0.2) is 68.0 Å². The molecule has 1 saturated heterocycles. The van der Waals surface area contributed by atoms with E-state index >= 15 is 0 Å². The predicted molar refractivity (Wildman–Crippen MR) is 110 cm³/mol. The largest absolute Gasteiger partial charge is 0.497 e. The Hall–Kier alpha value is -3.03. The van der Waals surface area contributed by atoms with Crippen molar-refractivity contribution >= 4 is 28.8 Å². The average Bonchev–Trinajstić information content (AvgIpc) is 3.09. The molecule has 8 heteroatoms. The van der Waals surface area contributed by atoms with Crippen LogP contribution >= 0.6 is 0 Å². The molecule has 2 aromatic rings. The van der Waals surface area contributed by atoms with Gasteiger partial charge >= 0.3 is 5.97 Å². The molecule has 1 aromatic carbocycles. The highest BCUT2D eigenvalue weighted by Crippen LogP contribution is 2.29. The number of ether oxygens (including phenoxy) is 2. The van der Waals surface area contributed by atoms with E-state index in [0.29, 0.717) is 49.4 Å². The molecule has 0 aliphatic carbocycles. The Labute approximate surface area is 175 Å². The average molecular weight is 416 g/mol. The zero-order valence-electron chi connectivity index (χ0n) is 17.9. The lowest BCUT2D eigenvalue weighted by Gasteiger charge is -2.32. The van der Waals surface area contributed by atoms with Crippen LogP contribution in [0.1, 0.15) is 35.9 Å². The maximum absolute atomic E-state index is 12.9. The SMILES string of the molecule is CCOC(=O)C1CCN(C(=O)CN(C)C(=O)c2oc3ccc(OC)cc3c2C)CC1. The van der Waals surface area contributed by atoms with Crippen molar-refractivity contribution in [3.8, 4) is 5.75 Å². The molecule has 1 aliphatic rings. The van der Waals surface area contributed by atoms with Gasteiger partial charge in [-0.2, -0.15) is 0 Å². The first-order valence-electron chi connectivity index (χ1n) is 10.1. The minimum atomic E-state index is -0.350. The van der Waals surface area contributed by atoms with Gasteiger partial charge in [-0.3, -0.25) is 14.4 Å².